The zero-order valence-corrected chi connectivity index (χ0v) is 19.3. The molecule has 10 heteroatoms. The summed E-state index contributed by atoms with van der Waals surface area (Å²) in [4.78, 5) is 34.8. The van der Waals surface area contributed by atoms with Crippen LogP contribution in [0.5, 0.6) is 17.2 Å². The standard InChI is InChI=1S/C26H21NO9/c1-14-11-20(28)23(30)25(35-14)22(26-24(31)21(29)12-15(2)36-26)17-5-9-19(10-6-17)34-13-16-3-7-18(8-4-16)27(32)33/h3-12,22,30-31H,13H2,1-2H3. The predicted octanol–water partition coefficient (Wildman–Crippen LogP) is 4.29. The highest BCUT2D eigenvalue weighted by Gasteiger charge is 2.31. The summed E-state index contributed by atoms with van der Waals surface area (Å²) in [5, 5.41) is 31.8. The van der Waals surface area contributed by atoms with Crippen LogP contribution in [-0.2, 0) is 6.61 Å². The van der Waals surface area contributed by atoms with Gasteiger partial charge in [0.25, 0.3) is 5.69 Å². The largest absolute Gasteiger partial charge is 0.502 e. The van der Waals surface area contributed by atoms with E-state index in [4.69, 9.17) is 13.6 Å². The van der Waals surface area contributed by atoms with Crippen molar-refractivity contribution in [2.75, 3.05) is 0 Å². The Labute approximate surface area is 203 Å². The van der Waals surface area contributed by atoms with E-state index in [0.717, 1.165) is 17.7 Å². The average molecular weight is 491 g/mol. The lowest BCUT2D eigenvalue weighted by molar-refractivity contribution is -0.384. The van der Waals surface area contributed by atoms with Gasteiger partial charge in [-0.2, -0.15) is 0 Å². The highest BCUT2D eigenvalue weighted by atomic mass is 16.6. The maximum atomic E-state index is 12.3. The molecule has 4 rings (SSSR count). The van der Waals surface area contributed by atoms with Crippen LogP contribution < -0.4 is 15.6 Å². The molecule has 0 unspecified atom stereocenters. The quantitative estimate of drug-likeness (QED) is 0.285. The van der Waals surface area contributed by atoms with Crippen molar-refractivity contribution in [1.82, 2.24) is 0 Å². The number of nitro benzene ring substituents is 1. The molecule has 0 fully saturated rings. The Kier molecular flexibility index (Phi) is 6.60. The number of non-ortho nitro benzene ring substituents is 1. The number of aromatic hydroxyl groups is 2. The Hall–Kier alpha value is -4.86. The van der Waals surface area contributed by atoms with Gasteiger partial charge in [0.15, 0.2) is 11.5 Å². The molecule has 2 aromatic carbocycles. The van der Waals surface area contributed by atoms with E-state index in [0.29, 0.717) is 11.3 Å². The molecule has 0 aliphatic rings. The zero-order chi connectivity index (χ0) is 26.0. The van der Waals surface area contributed by atoms with Crippen LogP contribution in [-0.4, -0.2) is 15.1 Å². The van der Waals surface area contributed by atoms with Crippen molar-refractivity contribution in [3.63, 3.8) is 0 Å². The van der Waals surface area contributed by atoms with E-state index in [1.807, 2.05) is 0 Å². The summed E-state index contributed by atoms with van der Waals surface area (Å²) in [6.07, 6.45) is 0. The van der Waals surface area contributed by atoms with Gasteiger partial charge in [0.1, 0.15) is 29.8 Å². The maximum Gasteiger partial charge on any atom is 0.269 e. The molecule has 0 aliphatic carbocycles. The number of benzene rings is 2. The van der Waals surface area contributed by atoms with E-state index in [-0.39, 0.29) is 35.3 Å². The monoisotopic (exact) mass is 491 g/mol. The van der Waals surface area contributed by atoms with Gasteiger partial charge in [-0.25, -0.2) is 0 Å². The van der Waals surface area contributed by atoms with Crippen LogP contribution in [0.4, 0.5) is 5.69 Å². The highest BCUT2D eigenvalue weighted by molar-refractivity contribution is 5.46. The van der Waals surface area contributed by atoms with E-state index in [1.165, 1.54) is 26.0 Å². The third-order valence-corrected chi connectivity index (χ3v) is 5.43. The normalized spacial score (nSPS) is 11.0. The van der Waals surface area contributed by atoms with Crippen molar-refractivity contribution in [3.05, 3.63) is 125 Å². The Bertz CT molecular complexity index is 1470. The van der Waals surface area contributed by atoms with Crippen molar-refractivity contribution in [3.8, 4) is 17.2 Å². The molecule has 4 aromatic rings. The predicted molar refractivity (Wildman–Crippen MR) is 128 cm³/mol. The molecule has 0 saturated heterocycles. The average Bonchev–Trinajstić information content (AvgIpc) is 2.84. The second-order valence-electron chi connectivity index (χ2n) is 8.08. The fraction of sp³-hybridized carbons (Fsp3) is 0.154. The van der Waals surface area contributed by atoms with Gasteiger partial charge < -0.3 is 23.8 Å². The van der Waals surface area contributed by atoms with Gasteiger partial charge in [-0.15, -0.1) is 0 Å². The first kappa shape index (κ1) is 24.3. The van der Waals surface area contributed by atoms with Gasteiger partial charge >= 0.3 is 0 Å². The molecule has 0 radical (unpaired) electrons. The Morgan fingerprint density at radius 2 is 1.36 bits per heavy atom. The van der Waals surface area contributed by atoms with Crippen molar-refractivity contribution >= 4 is 5.69 Å². The molecule has 0 saturated carbocycles. The zero-order valence-electron chi connectivity index (χ0n) is 19.3. The molecule has 0 bridgehead atoms. The molecule has 0 atom stereocenters. The smallest absolute Gasteiger partial charge is 0.269 e. The Morgan fingerprint density at radius 3 is 1.83 bits per heavy atom. The third kappa shape index (κ3) is 4.97. The second-order valence-corrected chi connectivity index (χ2v) is 8.08. The fourth-order valence-electron chi connectivity index (χ4n) is 3.70. The Morgan fingerprint density at radius 1 is 0.861 bits per heavy atom. The van der Waals surface area contributed by atoms with Gasteiger partial charge in [-0.3, -0.25) is 19.7 Å². The van der Waals surface area contributed by atoms with E-state index in [1.54, 1.807) is 36.4 Å². The number of nitrogens with zero attached hydrogens (tertiary/aromatic N) is 1. The van der Waals surface area contributed by atoms with E-state index in [9.17, 15) is 29.9 Å². The number of nitro groups is 1. The SMILES string of the molecule is Cc1cc(=O)c(O)c(C(c2ccc(OCc3ccc([N+](=O)[O-])cc3)cc2)c2oc(C)cc(=O)c2O)o1. The lowest BCUT2D eigenvalue weighted by atomic mass is 9.91. The minimum atomic E-state index is -1.12. The minimum absolute atomic E-state index is 0.0220. The first-order chi connectivity index (χ1) is 17.1. The maximum absolute atomic E-state index is 12.3. The molecular formula is C26H21NO9. The number of rotatable bonds is 7. The van der Waals surface area contributed by atoms with Crippen molar-refractivity contribution in [1.29, 1.82) is 0 Å². The van der Waals surface area contributed by atoms with Crippen LogP contribution in [0.3, 0.4) is 0 Å². The van der Waals surface area contributed by atoms with Crippen LogP contribution in [0.2, 0.25) is 0 Å². The number of ether oxygens (including phenoxy) is 1. The summed E-state index contributed by atoms with van der Waals surface area (Å²) < 4.78 is 17.1. The molecule has 0 aliphatic heterocycles. The van der Waals surface area contributed by atoms with Crippen molar-refractivity contribution in [2.45, 2.75) is 26.4 Å². The Balaban J connectivity index is 1.70. The number of aryl methyl sites for hydroxylation is 2. The fourth-order valence-corrected chi connectivity index (χ4v) is 3.70. The highest BCUT2D eigenvalue weighted by Crippen LogP contribution is 2.39. The van der Waals surface area contributed by atoms with Gasteiger partial charge in [-0.1, -0.05) is 12.1 Å². The van der Waals surface area contributed by atoms with Gasteiger partial charge in [0, 0.05) is 24.3 Å². The van der Waals surface area contributed by atoms with Crippen molar-refractivity contribution in [2.24, 2.45) is 0 Å². The first-order valence-corrected chi connectivity index (χ1v) is 10.8. The first-order valence-electron chi connectivity index (χ1n) is 10.8. The minimum Gasteiger partial charge on any atom is -0.502 e. The van der Waals surface area contributed by atoms with Crippen molar-refractivity contribution < 1.29 is 28.7 Å². The molecule has 184 valence electrons. The van der Waals surface area contributed by atoms with E-state index in [2.05, 4.69) is 0 Å². The summed E-state index contributed by atoms with van der Waals surface area (Å²) >= 11 is 0. The van der Waals surface area contributed by atoms with Gasteiger partial charge in [0.05, 0.1) is 4.92 Å². The number of hydrogen-bond acceptors (Lipinski definition) is 9. The number of hydrogen-bond donors (Lipinski definition) is 2. The summed E-state index contributed by atoms with van der Waals surface area (Å²) in [5.74, 6) is -1.95. The summed E-state index contributed by atoms with van der Waals surface area (Å²) in [6, 6.07) is 14.6. The topological polar surface area (TPSA) is 153 Å². The third-order valence-electron chi connectivity index (χ3n) is 5.43. The summed E-state index contributed by atoms with van der Waals surface area (Å²) in [6.45, 7) is 3.22. The van der Waals surface area contributed by atoms with Crippen LogP contribution in [0.25, 0.3) is 0 Å². The van der Waals surface area contributed by atoms with Gasteiger partial charge in [0.2, 0.25) is 22.4 Å². The molecule has 2 heterocycles. The molecule has 10 nitrogen and oxygen atoms in total. The molecule has 2 N–H and O–H groups in total. The second kappa shape index (κ2) is 9.79. The lowest BCUT2D eigenvalue weighted by Crippen LogP contribution is -2.13. The van der Waals surface area contributed by atoms with Crippen LogP contribution in [0.1, 0.15) is 40.1 Å². The molecular weight excluding hydrogens is 470 g/mol. The molecule has 0 amide bonds. The molecule has 0 spiro atoms. The van der Waals surface area contributed by atoms with Crippen LogP contribution in [0.15, 0.2) is 79.1 Å². The van der Waals surface area contributed by atoms with Crippen LogP contribution in [0, 0.1) is 24.0 Å². The van der Waals surface area contributed by atoms with Crippen LogP contribution >= 0.6 is 0 Å². The van der Waals surface area contributed by atoms with E-state index >= 15 is 0 Å². The molecule has 2 aromatic heterocycles. The van der Waals surface area contributed by atoms with Gasteiger partial charge in [-0.05, 0) is 49.2 Å². The lowest BCUT2D eigenvalue weighted by Gasteiger charge is -2.19. The van der Waals surface area contributed by atoms with E-state index < -0.39 is 33.2 Å². The molecule has 36 heavy (non-hydrogen) atoms. The summed E-state index contributed by atoms with van der Waals surface area (Å²) in [7, 11) is 0. The summed E-state index contributed by atoms with van der Waals surface area (Å²) in [5.41, 5.74) is -0.231.